The van der Waals surface area contributed by atoms with E-state index in [4.69, 9.17) is 10.5 Å². The first-order valence-corrected chi connectivity index (χ1v) is 4.75. The Morgan fingerprint density at radius 3 is 2.71 bits per heavy atom. The lowest BCUT2D eigenvalue weighted by Crippen LogP contribution is -2.22. The van der Waals surface area contributed by atoms with Gasteiger partial charge < -0.3 is 10.5 Å². The molecule has 1 aromatic rings. The molecule has 0 bridgehead atoms. The topological polar surface area (TPSA) is 38.5 Å². The highest BCUT2D eigenvalue weighted by Crippen LogP contribution is 2.11. The fourth-order valence-electron chi connectivity index (χ4n) is 1.30. The summed E-state index contributed by atoms with van der Waals surface area (Å²) >= 11 is 0. The Hall–Kier alpha value is -1.06. The maximum absolute atomic E-state index is 5.84. The van der Waals surface area contributed by atoms with Crippen molar-refractivity contribution in [3.63, 3.8) is 0 Å². The summed E-state index contributed by atoms with van der Waals surface area (Å²) < 4.78 is 5.01. The van der Waals surface area contributed by atoms with Gasteiger partial charge >= 0.3 is 0 Å². The van der Waals surface area contributed by atoms with Crippen molar-refractivity contribution in [2.24, 2.45) is 0 Å². The smallest absolute Gasteiger partial charge is 0.0589 e. The van der Waals surface area contributed by atoms with Crippen molar-refractivity contribution < 1.29 is 4.74 Å². The predicted octanol–water partition coefficient (Wildman–Crippen LogP) is 1.35. The Balaban J connectivity index is 2.47. The van der Waals surface area contributed by atoms with Crippen LogP contribution in [0.4, 0.5) is 5.69 Å². The molecule has 3 heteroatoms. The summed E-state index contributed by atoms with van der Waals surface area (Å²) in [6.07, 6.45) is 0. The fraction of sp³-hybridized carbons (Fsp3) is 0.455. The maximum Gasteiger partial charge on any atom is 0.0589 e. The normalized spacial score (nSPS) is 10.8. The second-order valence-corrected chi connectivity index (χ2v) is 3.43. The van der Waals surface area contributed by atoms with Crippen LogP contribution in [-0.2, 0) is 11.3 Å². The Kier molecular flexibility index (Phi) is 4.43. The van der Waals surface area contributed by atoms with Gasteiger partial charge in [-0.2, -0.15) is 0 Å². The van der Waals surface area contributed by atoms with Crippen LogP contribution in [0, 0.1) is 0 Å². The van der Waals surface area contributed by atoms with Gasteiger partial charge in [-0.3, -0.25) is 4.90 Å². The molecule has 0 aliphatic heterocycles. The van der Waals surface area contributed by atoms with Gasteiger partial charge in [-0.1, -0.05) is 18.2 Å². The van der Waals surface area contributed by atoms with E-state index in [0.717, 1.165) is 25.4 Å². The van der Waals surface area contributed by atoms with Crippen molar-refractivity contribution in [3.8, 4) is 0 Å². The van der Waals surface area contributed by atoms with Crippen LogP contribution >= 0.6 is 0 Å². The number of hydrogen-bond acceptors (Lipinski definition) is 3. The molecule has 0 radical (unpaired) electrons. The zero-order valence-corrected chi connectivity index (χ0v) is 8.86. The van der Waals surface area contributed by atoms with Crippen LogP contribution in [0.25, 0.3) is 0 Å². The molecule has 0 atom stereocenters. The van der Waals surface area contributed by atoms with Gasteiger partial charge in [0, 0.05) is 25.9 Å². The predicted molar refractivity (Wildman–Crippen MR) is 59.1 cm³/mol. The van der Waals surface area contributed by atoms with E-state index in [-0.39, 0.29) is 0 Å². The monoisotopic (exact) mass is 194 g/mol. The SMILES string of the molecule is COCCN(C)Cc1ccccc1N. The van der Waals surface area contributed by atoms with Crippen molar-refractivity contribution in [1.82, 2.24) is 4.90 Å². The molecular formula is C11H18N2O. The molecule has 0 aliphatic carbocycles. The van der Waals surface area contributed by atoms with Crippen molar-refractivity contribution in [3.05, 3.63) is 29.8 Å². The summed E-state index contributed by atoms with van der Waals surface area (Å²) in [6, 6.07) is 7.95. The third kappa shape index (κ3) is 3.36. The van der Waals surface area contributed by atoms with E-state index in [9.17, 15) is 0 Å². The molecule has 3 nitrogen and oxygen atoms in total. The number of methoxy groups -OCH3 is 1. The number of ether oxygens (including phenoxy) is 1. The number of anilines is 1. The molecule has 0 saturated heterocycles. The van der Waals surface area contributed by atoms with Crippen LogP contribution in [0.5, 0.6) is 0 Å². The lowest BCUT2D eigenvalue weighted by Gasteiger charge is -2.16. The van der Waals surface area contributed by atoms with Gasteiger partial charge in [0.05, 0.1) is 6.61 Å². The van der Waals surface area contributed by atoms with E-state index in [0.29, 0.717) is 0 Å². The second-order valence-electron chi connectivity index (χ2n) is 3.43. The van der Waals surface area contributed by atoms with E-state index in [1.807, 2.05) is 18.2 Å². The molecule has 0 aliphatic rings. The van der Waals surface area contributed by atoms with Crippen LogP contribution in [0.1, 0.15) is 5.56 Å². The highest BCUT2D eigenvalue weighted by atomic mass is 16.5. The Bertz CT molecular complexity index is 276. The fourth-order valence-corrected chi connectivity index (χ4v) is 1.30. The van der Waals surface area contributed by atoms with Crippen LogP contribution in [0.3, 0.4) is 0 Å². The number of rotatable bonds is 5. The summed E-state index contributed by atoms with van der Waals surface area (Å²) in [7, 11) is 3.77. The van der Waals surface area contributed by atoms with Gasteiger partial charge in [0.1, 0.15) is 0 Å². The molecule has 0 unspecified atom stereocenters. The third-order valence-electron chi connectivity index (χ3n) is 2.17. The number of nitrogens with zero attached hydrogens (tertiary/aromatic N) is 1. The molecule has 78 valence electrons. The number of benzene rings is 1. The Labute approximate surface area is 85.5 Å². The largest absolute Gasteiger partial charge is 0.398 e. The van der Waals surface area contributed by atoms with E-state index >= 15 is 0 Å². The van der Waals surface area contributed by atoms with Crippen LogP contribution in [-0.4, -0.2) is 32.2 Å². The number of nitrogens with two attached hydrogens (primary N) is 1. The van der Waals surface area contributed by atoms with Crippen molar-refractivity contribution in [2.45, 2.75) is 6.54 Å². The molecule has 0 fully saturated rings. The number of para-hydroxylation sites is 1. The average molecular weight is 194 g/mol. The highest BCUT2D eigenvalue weighted by Gasteiger charge is 2.02. The summed E-state index contributed by atoms with van der Waals surface area (Å²) in [6.45, 7) is 2.55. The zero-order chi connectivity index (χ0) is 10.4. The standard InChI is InChI=1S/C11H18N2O/c1-13(7-8-14-2)9-10-5-3-4-6-11(10)12/h3-6H,7-9,12H2,1-2H3. The van der Waals surface area contributed by atoms with E-state index < -0.39 is 0 Å². The minimum Gasteiger partial charge on any atom is -0.398 e. The number of likely N-dealkylation sites (N-methyl/N-ethyl adjacent to an activating group) is 1. The number of nitrogen functional groups attached to an aromatic ring is 1. The van der Waals surface area contributed by atoms with Gasteiger partial charge in [0.2, 0.25) is 0 Å². The molecule has 2 N–H and O–H groups in total. The van der Waals surface area contributed by atoms with Gasteiger partial charge in [-0.25, -0.2) is 0 Å². The zero-order valence-electron chi connectivity index (χ0n) is 8.86. The lowest BCUT2D eigenvalue weighted by molar-refractivity contribution is 0.159. The minimum absolute atomic E-state index is 0.753. The summed E-state index contributed by atoms with van der Waals surface area (Å²) in [4.78, 5) is 2.19. The first-order valence-electron chi connectivity index (χ1n) is 4.75. The van der Waals surface area contributed by atoms with Crippen LogP contribution in [0.2, 0.25) is 0 Å². The van der Waals surface area contributed by atoms with Gasteiger partial charge in [-0.05, 0) is 18.7 Å². The van der Waals surface area contributed by atoms with Crippen molar-refractivity contribution >= 4 is 5.69 Å². The number of hydrogen-bond donors (Lipinski definition) is 1. The molecular weight excluding hydrogens is 176 g/mol. The second kappa shape index (κ2) is 5.62. The summed E-state index contributed by atoms with van der Waals surface area (Å²) in [5.74, 6) is 0. The lowest BCUT2D eigenvalue weighted by atomic mass is 10.2. The average Bonchev–Trinajstić information content (AvgIpc) is 2.18. The molecule has 0 aromatic heterocycles. The third-order valence-corrected chi connectivity index (χ3v) is 2.17. The van der Waals surface area contributed by atoms with Crippen LogP contribution in [0.15, 0.2) is 24.3 Å². The molecule has 14 heavy (non-hydrogen) atoms. The Morgan fingerprint density at radius 1 is 1.36 bits per heavy atom. The van der Waals surface area contributed by atoms with E-state index in [1.54, 1.807) is 7.11 Å². The van der Waals surface area contributed by atoms with Gasteiger partial charge in [-0.15, -0.1) is 0 Å². The van der Waals surface area contributed by atoms with Gasteiger partial charge in [0.25, 0.3) is 0 Å². The summed E-state index contributed by atoms with van der Waals surface area (Å²) in [5.41, 5.74) is 7.87. The highest BCUT2D eigenvalue weighted by molar-refractivity contribution is 5.46. The molecule has 1 aromatic carbocycles. The van der Waals surface area contributed by atoms with Crippen molar-refractivity contribution in [2.75, 3.05) is 33.0 Å². The molecule has 0 heterocycles. The van der Waals surface area contributed by atoms with E-state index in [2.05, 4.69) is 18.0 Å². The molecule has 0 spiro atoms. The maximum atomic E-state index is 5.84. The first kappa shape index (κ1) is 11.0. The van der Waals surface area contributed by atoms with Gasteiger partial charge in [0.15, 0.2) is 0 Å². The quantitative estimate of drug-likeness (QED) is 0.719. The molecule has 0 amide bonds. The molecule has 1 rings (SSSR count). The molecule has 0 saturated carbocycles. The summed E-state index contributed by atoms with van der Waals surface area (Å²) in [5, 5.41) is 0. The van der Waals surface area contributed by atoms with E-state index in [1.165, 1.54) is 5.56 Å². The minimum atomic E-state index is 0.753. The first-order chi connectivity index (χ1) is 6.74. The van der Waals surface area contributed by atoms with Crippen LogP contribution < -0.4 is 5.73 Å². The van der Waals surface area contributed by atoms with Crippen molar-refractivity contribution in [1.29, 1.82) is 0 Å². The Morgan fingerprint density at radius 2 is 2.07 bits per heavy atom.